The van der Waals surface area contributed by atoms with Crippen LogP contribution in [0.3, 0.4) is 0 Å². The number of rotatable bonds is 3. The number of benzene rings is 1. The molecule has 3 nitrogen and oxygen atoms in total. The average Bonchev–Trinajstić information content (AvgIpc) is 2.30. The smallest absolute Gasteiger partial charge is 0.0823 e. The van der Waals surface area contributed by atoms with Crippen molar-refractivity contribution in [3.8, 4) is 0 Å². The minimum Gasteiger partial charge on any atom is -0.397 e. The zero-order chi connectivity index (χ0) is 11.4. The molecule has 0 radical (unpaired) electrons. The summed E-state index contributed by atoms with van der Waals surface area (Å²) in [4.78, 5) is 4.19. The van der Waals surface area contributed by atoms with Crippen LogP contribution in [0.15, 0.2) is 42.6 Å². The third-order valence-electron chi connectivity index (χ3n) is 2.25. The van der Waals surface area contributed by atoms with Crippen molar-refractivity contribution < 1.29 is 0 Å². The molecule has 0 saturated carbocycles. The Balaban J connectivity index is 2.09. The first-order chi connectivity index (χ1) is 7.77. The third kappa shape index (κ3) is 2.44. The van der Waals surface area contributed by atoms with Crippen molar-refractivity contribution in [2.45, 2.75) is 6.54 Å². The monoisotopic (exact) mass is 233 g/mol. The van der Waals surface area contributed by atoms with Crippen molar-refractivity contribution in [3.05, 3.63) is 53.3 Å². The van der Waals surface area contributed by atoms with Crippen LogP contribution in [0.25, 0.3) is 0 Å². The summed E-state index contributed by atoms with van der Waals surface area (Å²) in [5, 5.41) is 3.89. The average molecular weight is 234 g/mol. The van der Waals surface area contributed by atoms with E-state index in [2.05, 4.69) is 10.3 Å². The highest BCUT2D eigenvalue weighted by Gasteiger charge is 2.01. The topological polar surface area (TPSA) is 50.9 Å². The normalized spacial score (nSPS) is 10.1. The minimum absolute atomic E-state index is 0.566. The number of aromatic nitrogens is 1. The number of pyridine rings is 1. The van der Waals surface area contributed by atoms with Gasteiger partial charge in [0.25, 0.3) is 0 Å². The van der Waals surface area contributed by atoms with Crippen LogP contribution in [0.5, 0.6) is 0 Å². The molecule has 0 atom stereocenters. The number of nitrogens with zero attached hydrogens (tertiary/aromatic N) is 1. The van der Waals surface area contributed by atoms with Crippen molar-refractivity contribution in [1.29, 1.82) is 0 Å². The van der Waals surface area contributed by atoms with Gasteiger partial charge in [0, 0.05) is 6.20 Å². The summed E-state index contributed by atoms with van der Waals surface area (Å²) in [6.45, 7) is 0.566. The SMILES string of the molecule is Nc1cccnc1CNc1ccccc1Cl. The van der Waals surface area contributed by atoms with Crippen LogP contribution >= 0.6 is 11.6 Å². The fourth-order valence-corrected chi connectivity index (χ4v) is 1.58. The largest absolute Gasteiger partial charge is 0.397 e. The molecule has 0 saturated heterocycles. The molecule has 0 aliphatic heterocycles. The summed E-state index contributed by atoms with van der Waals surface area (Å²) in [6.07, 6.45) is 1.72. The summed E-state index contributed by atoms with van der Waals surface area (Å²) in [6, 6.07) is 11.2. The van der Waals surface area contributed by atoms with Crippen LogP contribution < -0.4 is 11.1 Å². The van der Waals surface area contributed by atoms with Crippen molar-refractivity contribution >= 4 is 23.0 Å². The van der Waals surface area contributed by atoms with Crippen molar-refractivity contribution in [2.75, 3.05) is 11.1 Å². The molecule has 0 amide bonds. The number of hydrogen-bond donors (Lipinski definition) is 2. The molecule has 1 heterocycles. The number of nitrogen functional groups attached to an aromatic ring is 1. The Kier molecular flexibility index (Phi) is 3.27. The number of halogens is 1. The van der Waals surface area contributed by atoms with E-state index < -0.39 is 0 Å². The van der Waals surface area contributed by atoms with Gasteiger partial charge in [0.05, 0.1) is 28.6 Å². The van der Waals surface area contributed by atoms with Gasteiger partial charge in [-0.15, -0.1) is 0 Å². The van der Waals surface area contributed by atoms with Crippen molar-refractivity contribution in [2.24, 2.45) is 0 Å². The predicted octanol–water partition coefficient (Wildman–Crippen LogP) is 2.93. The van der Waals surface area contributed by atoms with E-state index in [4.69, 9.17) is 17.3 Å². The predicted molar refractivity (Wildman–Crippen MR) is 67.4 cm³/mol. The molecule has 2 aromatic rings. The van der Waals surface area contributed by atoms with E-state index in [-0.39, 0.29) is 0 Å². The molecule has 4 heteroatoms. The Morgan fingerprint density at radius 2 is 2.00 bits per heavy atom. The molecule has 2 rings (SSSR count). The number of anilines is 2. The van der Waals surface area contributed by atoms with Crippen molar-refractivity contribution in [3.63, 3.8) is 0 Å². The van der Waals surface area contributed by atoms with Crippen LogP contribution in [0.2, 0.25) is 5.02 Å². The van der Waals surface area contributed by atoms with Gasteiger partial charge in [-0.05, 0) is 24.3 Å². The highest BCUT2D eigenvalue weighted by Crippen LogP contribution is 2.21. The van der Waals surface area contributed by atoms with Gasteiger partial charge >= 0.3 is 0 Å². The lowest BCUT2D eigenvalue weighted by Crippen LogP contribution is -2.05. The zero-order valence-corrected chi connectivity index (χ0v) is 9.41. The molecule has 3 N–H and O–H groups in total. The van der Waals surface area contributed by atoms with Gasteiger partial charge in [0.1, 0.15) is 0 Å². The van der Waals surface area contributed by atoms with Crippen LogP contribution in [-0.4, -0.2) is 4.98 Å². The summed E-state index contributed by atoms with van der Waals surface area (Å²) in [5.41, 5.74) is 8.17. The molecule has 0 spiro atoms. The van der Waals surface area contributed by atoms with E-state index in [1.165, 1.54) is 0 Å². The molecule has 0 fully saturated rings. The fourth-order valence-electron chi connectivity index (χ4n) is 1.38. The van der Waals surface area contributed by atoms with Gasteiger partial charge in [-0.1, -0.05) is 23.7 Å². The number of para-hydroxylation sites is 1. The molecule has 16 heavy (non-hydrogen) atoms. The molecule has 1 aromatic heterocycles. The first-order valence-corrected chi connectivity index (χ1v) is 5.33. The standard InChI is InChI=1S/C12H12ClN3/c13-9-4-1-2-6-11(9)16-8-12-10(14)5-3-7-15-12/h1-7,16H,8,14H2. The highest BCUT2D eigenvalue weighted by atomic mass is 35.5. The Morgan fingerprint density at radius 3 is 2.75 bits per heavy atom. The van der Waals surface area contributed by atoms with E-state index in [0.717, 1.165) is 11.4 Å². The van der Waals surface area contributed by atoms with Crippen LogP contribution in [0, 0.1) is 0 Å². The van der Waals surface area contributed by atoms with E-state index >= 15 is 0 Å². The number of nitrogens with one attached hydrogen (secondary N) is 1. The Bertz CT molecular complexity index is 440. The quantitative estimate of drug-likeness (QED) is 0.857. The second-order valence-corrected chi connectivity index (χ2v) is 3.78. The summed E-state index contributed by atoms with van der Waals surface area (Å²) in [7, 11) is 0. The van der Waals surface area contributed by atoms with E-state index in [1.807, 2.05) is 36.4 Å². The van der Waals surface area contributed by atoms with Gasteiger partial charge in [-0.2, -0.15) is 0 Å². The second kappa shape index (κ2) is 4.86. The maximum atomic E-state index is 6.02. The molecule has 0 unspecified atom stereocenters. The molecule has 82 valence electrons. The summed E-state index contributed by atoms with van der Waals surface area (Å²) < 4.78 is 0. The molecular formula is C12H12ClN3. The Hall–Kier alpha value is -1.74. The van der Waals surface area contributed by atoms with Crippen LogP contribution in [0.1, 0.15) is 5.69 Å². The number of hydrogen-bond acceptors (Lipinski definition) is 3. The van der Waals surface area contributed by atoms with Gasteiger partial charge in [0.2, 0.25) is 0 Å². The van der Waals surface area contributed by atoms with Crippen LogP contribution in [0.4, 0.5) is 11.4 Å². The van der Waals surface area contributed by atoms with Gasteiger partial charge in [-0.25, -0.2) is 0 Å². The molecule has 0 aliphatic carbocycles. The lowest BCUT2D eigenvalue weighted by molar-refractivity contribution is 1.05. The first-order valence-electron chi connectivity index (χ1n) is 4.95. The lowest BCUT2D eigenvalue weighted by atomic mass is 10.2. The Labute approximate surface area is 99.3 Å². The Morgan fingerprint density at radius 1 is 1.19 bits per heavy atom. The summed E-state index contributed by atoms with van der Waals surface area (Å²) >= 11 is 6.02. The maximum Gasteiger partial charge on any atom is 0.0823 e. The fraction of sp³-hybridized carbons (Fsp3) is 0.0833. The van der Waals surface area contributed by atoms with Gasteiger partial charge in [-0.3, -0.25) is 4.98 Å². The first kappa shape index (κ1) is 10.8. The zero-order valence-electron chi connectivity index (χ0n) is 8.65. The lowest BCUT2D eigenvalue weighted by Gasteiger charge is -2.08. The van der Waals surface area contributed by atoms with Gasteiger partial charge in [0.15, 0.2) is 0 Å². The van der Waals surface area contributed by atoms with Crippen molar-refractivity contribution in [1.82, 2.24) is 4.98 Å². The highest BCUT2D eigenvalue weighted by molar-refractivity contribution is 6.33. The van der Waals surface area contributed by atoms with E-state index in [1.54, 1.807) is 6.20 Å². The number of nitrogens with two attached hydrogens (primary N) is 1. The molecule has 0 bridgehead atoms. The van der Waals surface area contributed by atoms with E-state index in [0.29, 0.717) is 17.3 Å². The van der Waals surface area contributed by atoms with Crippen LogP contribution in [-0.2, 0) is 6.54 Å². The van der Waals surface area contributed by atoms with Gasteiger partial charge < -0.3 is 11.1 Å². The summed E-state index contributed by atoms with van der Waals surface area (Å²) in [5.74, 6) is 0. The third-order valence-corrected chi connectivity index (χ3v) is 2.58. The maximum absolute atomic E-state index is 6.02. The second-order valence-electron chi connectivity index (χ2n) is 3.37. The minimum atomic E-state index is 0.566. The van der Waals surface area contributed by atoms with E-state index in [9.17, 15) is 0 Å². The molecule has 1 aromatic carbocycles. The molecular weight excluding hydrogens is 222 g/mol. The molecule has 0 aliphatic rings.